The van der Waals surface area contributed by atoms with Gasteiger partial charge in [0.25, 0.3) is 0 Å². The highest BCUT2D eigenvalue weighted by Crippen LogP contribution is 2.49. The first-order valence-corrected chi connectivity index (χ1v) is 17.8. The molecule has 3 rings (SSSR count). The summed E-state index contributed by atoms with van der Waals surface area (Å²) in [5, 5.41) is 4.37. The fourth-order valence-electron chi connectivity index (χ4n) is 4.80. The Kier molecular flexibility index (Phi) is 9.94. The molecule has 1 N–H and O–H groups in total. The molecule has 0 radical (unpaired) electrons. The lowest BCUT2D eigenvalue weighted by atomic mass is 10.2. The van der Waals surface area contributed by atoms with E-state index in [2.05, 4.69) is 51.8 Å². The zero-order valence-electron chi connectivity index (χ0n) is 22.8. The number of imidazole rings is 1. The number of hydrogen-bond donors (Lipinski definition) is 1. The normalized spacial score (nSPS) is 12.5. The van der Waals surface area contributed by atoms with Crippen molar-refractivity contribution in [2.75, 3.05) is 30.0 Å². The van der Waals surface area contributed by atoms with Gasteiger partial charge in [-0.3, -0.25) is 0 Å². The molecule has 0 amide bonds. The number of nitrogens with zero attached hydrogens (tertiary/aromatic N) is 4. The number of benzene rings is 1. The van der Waals surface area contributed by atoms with Gasteiger partial charge in [-0.15, -0.1) is 0 Å². The molecular weight excluding hydrogens is 488 g/mol. The highest BCUT2D eigenvalue weighted by molar-refractivity contribution is 7.71. The standard InChI is InChI=1S/C27H43N5O2P2/c1-7-15-35(33,16-8-2)20-32-19-28-24-26(30-25(21(5)6)31-27(24)32)29-22-11-13-23(14-12-22)36(34,17-9-3)18-10-4/h11-14,19,21H,7-10,15-18,20H2,1-6H3,(H,29,30,31). The van der Waals surface area contributed by atoms with Crippen molar-refractivity contribution < 1.29 is 9.13 Å². The lowest BCUT2D eigenvalue weighted by molar-refractivity contribution is 0.564. The largest absolute Gasteiger partial charge is 0.338 e. The van der Waals surface area contributed by atoms with E-state index in [-0.39, 0.29) is 5.92 Å². The third-order valence-corrected chi connectivity index (χ3v) is 13.4. The Hall–Kier alpha value is -1.97. The van der Waals surface area contributed by atoms with E-state index in [0.29, 0.717) is 17.6 Å². The summed E-state index contributed by atoms with van der Waals surface area (Å²) in [6.07, 6.45) is 8.81. The minimum atomic E-state index is -2.36. The van der Waals surface area contributed by atoms with Gasteiger partial charge >= 0.3 is 0 Å². The van der Waals surface area contributed by atoms with E-state index in [0.717, 1.165) is 72.8 Å². The molecule has 0 atom stereocenters. The number of aromatic nitrogens is 4. The number of nitrogens with one attached hydrogen (secondary N) is 1. The van der Waals surface area contributed by atoms with Crippen LogP contribution in [0.3, 0.4) is 0 Å². The Balaban J connectivity index is 1.97. The van der Waals surface area contributed by atoms with Gasteiger partial charge < -0.3 is 19.0 Å². The van der Waals surface area contributed by atoms with E-state index in [4.69, 9.17) is 9.97 Å². The molecule has 198 valence electrons. The zero-order valence-corrected chi connectivity index (χ0v) is 24.6. The molecule has 3 aromatic rings. The molecule has 1 aromatic carbocycles. The van der Waals surface area contributed by atoms with Crippen molar-refractivity contribution in [3.63, 3.8) is 0 Å². The molecule has 0 aliphatic rings. The molecule has 0 saturated carbocycles. The Bertz CT molecular complexity index is 1220. The second kappa shape index (κ2) is 12.5. The lowest BCUT2D eigenvalue weighted by Crippen LogP contribution is -2.11. The molecule has 7 nitrogen and oxygen atoms in total. The highest BCUT2D eigenvalue weighted by atomic mass is 31.2. The van der Waals surface area contributed by atoms with E-state index in [1.54, 1.807) is 6.33 Å². The van der Waals surface area contributed by atoms with Crippen molar-refractivity contribution in [2.45, 2.75) is 79.4 Å². The van der Waals surface area contributed by atoms with Crippen molar-refractivity contribution in [1.82, 2.24) is 19.5 Å². The van der Waals surface area contributed by atoms with Crippen LogP contribution in [-0.2, 0) is 15.4 Å². The minimum absolute atomic E-state index is 0.132. The molecule has 0 fully saturated rings. The van der Waals surface area contributed by atoms with Gasteiger partial charge in [0.15, 0.2) is 17.0 Å². The van der Waals surface area contributed by atoms with Crippen LogP contribution in [0.5, 0.6) is 0 Å². The summed E-state index contributed by atoms with van der Waals surface area (Å²) in [6.45, 7) is 12.5. The molecule has 0 saturated heterocycles. The van der Waals surface area contributed by atoms with Crippen LogP contribution in [-0.4, -0.2) is 44.2 Å². The molecule has 0 spiro atoms. The number of fused-ring (bicyclic) bond motifs is 1. The average molecular weight is 532 g/mol. The minimum Gasteiger partial charge on any atom is -0.338 e. The molecule has 2 heterocycles. The lowest BCUT2D eigenvalue weighted by Gasteiger charge is -2.18. The third-order valence-electron chi connectivity index (χ3n) is 6.44. The fraction of sp³-hybridized carbons (Fsp3) is 0.593. The van der Waals surface area contributed by atoms with Crippen LogP contribution in [0.15, 0.2) is 30.6 Å². The molecule has 0 bridgehead atoms. The van der Waals surface area contributed by atoms with Crippen LogP contribution in [0.4, 0.5) is 11.5 Å². The van der Waals surface area contributed by atoms with Crippen LogP contribution >= 0.6 is 14.3 Å². The van der Waals surface area contributed by atoms with Crippen LogP contribution in [0.2, 0.25) is 0 Å². The van der Waals surface area contributed by atoms with E-state index >= 15 is 0 Å². The van der Waals surface area contributed by atoms with Crippen LogP contribution in [0, 0.1) is 0 Å². The Labute approximate surface area is 216 Å². The molecule has 0 aliphatic carbocycles. The summed E-state index contributed by atoms with van der Waals surface area (Å²) < 4.78 is 29.1. The maximum Gasteiger partial charge on any atom is 0.166 e. The summed E-state index contributed by atoms with van der Waals surface area (Å²) in [5.74, 6) is 1.49. The van der Waals surface area contributed by atoms with Crippen molar-refractivity contribution >= 4 is 42.3 Å². The molecule has 2 aromatic heterocycles. The van der Waals surface area contributed by atoms with Gasteiger partial charge in [-0.25, -0.2) is 15.0 Å². The topological polar surface area (TPSA) is 89.8 Å². The van der Waals surface area contributed by atoms with Crippen LogP contribution < -0.4 is 10.6 Å². The first-order valence-electron chi connectivity index (χ1n) is 13.4. The number of rotatable bonds is 14. The van der Waals surface area contributed by atoms with Crippen molar-refractivity contribution in [1.29, 1.82) is 0 Å². The number of hydrogen-bond acceptors (Lipinski definition) is 6. The van der Waals surface area contributed by atoms with Gasteiger partial charge in [-0.2, -0.15) is 0 Å². The van der Waals surface area contributed by atoms with E-state index in [9.17, 15) is 9.13 Å². The maximum absolute atomic E-state index is 13.6. The Morgan fingerprint density at radius 2 is 1.44 bits per heavy atom. The molecular formula is C27H43N5O2P2. The molecule has 36 heavy (non-hydrogen) atoms. The van der Waals surface area contributed by atoms with Gasteiger partial charge in [0.05, 0.1) is 12.6 Å². The van der Waals surface area contributed by atoms with Crippen molar-refractivity contribution in [3.05, 3.63) is 36.4 Å². The molecule has 0 unspecified atom stereocenters. The predicted molar refractivity (Wildman–Crippen MR) is 155 cm³/mol. The number of anilines is 2. The van der Waals surface area contributed by atoms with Crippen molar-refractivity contribution in [2.24, 2.45) is 0 Å². The summed E-state index contributed by atoms with van der Waals surface area (Å²) in [7, 11) is -4.71. The second-order valence-corrected chi connectivity index (χ2v) is 16.6. The van der Waals surface area contributed by atoms with E-state index < -0.39 is 14.3 Å². The van der Waals surface area contributed by atoms with Crippen molar-refractivity contribution in [3.8, 4) is 0 Å². The SMILES string of the molecule is CCCP(=O)(CCC)Cn1cnc2c(Nc3ccc(P(=O)(CCC)CCC)cc3)nc(C(C)C)nc21. The molecule has 9 heteroatoms. The monoisotopic (exact) mass is 531 g/mol. The van der Waals surface area contributed by atoms with Crippen LogP contribution in [0.25, 0.3) is 11.2 Å². The summed E-state index contributed by atoms with van der Waals surface area (Å²) >= 11 is 0. The highest BCUT2D eigenvalue weighted by Gasteiger charge is 2.25. The maximum atomic E-state index is 13.6. The second-order valence-electron chi connectivity index (χ2n) is 10.1. The first kappa shape index (κ1) is 28.6. The average Bonchev–Trinajstić information content (AvgIpc) is 3.22. The predicted octanol–water partition coefficient (Wildman–Crippen LogP) is 7.64. The zero-order chi connectivity index (χ0) is 26.3. The third kappa shape index (κ3) is 6.66. The van der Waals surface area contributed by atoms with Gasteiger partial charge in [0, 0.05) is 41.6 Å². The molecule has 0 aliphatic heterocycles. The van der Waals surface area contributed by atoms with Gasteiger partial charge in [0.2, 0.25) is 0 Å². The summed E-state index contributed by atoms with van der Waals surface area (Å²) in [5.41, 5.74) is 2.26. The van der Waals surface area contributed by atoms with Gasteiger partial charge in [-0.1, -0.05) is 41.5 Å². The van der Waals surface area contributed by atoms with Gasteiger partial charge in [0.1, 0.15) is 20.1 Å². The van der Waals surface area contributed by atoms with E-state index in [1.807, 2.05) is 28.8 Å². The summed E-state index contributed by atoms with van der Waals surface area (Å²) in [4.78, 5) is 14.2. The first-order chi connectivity index (χ1) is 17.2. The van der Waals surface area contributed by atoms with E-state index in [1.165, 1.54) is 0 Å². The summed E-state index contributed by atoms with van der Waals surface area (Å²) in [6, 6.07) is 7.93. The Morgan fingerprint density at radius 1 is 0.861 bits per heavy atom. The Morgan fingerprint density at radius 3 is 1.97 bits per heavy atom. The van der Waals surface area contributed by atoms with Gasteiger partial charge in [-0.05, 0) is 49.9 Å². The quantitative estimate of drug-likeness (QED) is 0.215. The smallest absolute Gasteiger partial charge is 0.166 e. The fourth-order valence-corrected chi connectivity index (χ4v) is 10.6. The van der Waals surface area contributed by atoms with Crippen LogP contribution in [0.1, 0.15) is 79.0 Å².